The first kappa shape index (κ1) is 16.9. The maximum absolute atomic E-state index is 5.01. The Morgan fingerprint density at radius 3 is 2.67 bits per heavy atom. The average Bonchev–Trinajstić information content (AvgIpc) is 3.49. The first-order valence-corrected chi connectivity index (χ1v) is 10.9. The second-order valence-electron chi connectivity index (χ2n) is 7.51. The van der Waals surface area contributed by atoms with E-state index >= 15 is 0 Å². The number of benzene rings is 3. The number of fused-ring (bicyclic) bond motifs is 2. The lowest BCUT2D eigenvalue weighted by Crippen LogP contribution is -2.04. The van der Waals surface area contributed by atoms with Gasteiger partial charge in [0.05, 0.1) is 11.0 Å². The van der Waals surface area contributed by atoms with Gasteiger partial charge < -0.3 is 4.57 Å². The van der Waals surface area contributed by atoms with Crippen molar-refractivity contribution in [1.29, 1.82) is 0 Å². The van der Waals surface area contributed by atoms with E-state index in [-0.39, 0.29) is 0 Å². The summed E-state index contributed by atoms with van der Waals surface area (Å²) in [6.45, 7) is 3.13. The summed E-state index contributed by atoms with van der Waals surface area (Å²) in [4.78, 5) is 6.36. The Morgan fingerprint density at radius 1 is 1.00 bits per heavy atom. The van der Waals surface area contributed by atoms with Crippen LogP contribution in [-0.2, 0) is 6.54 Å². The van der Waals surface area contributed by atoms with E-state index in [2.05, 4.69) is 72.2 Å². The van der Waals surface area contributed by atoms with Crippen LogP contribution in [0.2, 0.25) is 0 Å². The smallest absolute Gasteiger partial charge is 0.113 e. The molecule has 0 amide bonds. The van der Waals surface area contributed by atoms with Crippen LogP contribution in [0.25, 0.3) is 21.8 Å². The quantitative estimate of drug-likeness (QED) is 0.354. The van der Waals surface area contributed by atoms with E-state index in [1.165, 1.54) is 57.6 Å². The van der Waals surface area contributed by atoms with Gasteiger partial charge in [0.15, 0.2) is 0 Å². The van der Waals surface area contributed by atoms with E-state index < -0.39 is 0 Å². The number of rotatable bonds is 6. The van der Waals surface area contributed by atoms with Crippen LogP contribution in [-0.4, -0.2) is 15.3 Å². The third-order valence-electron chi connectivity index (χ3n) is 5.32. The van der Waals surface area contributed by atoms with Crippen molar-refractivity contribution in [3.8, 4) is 0 Å². The molecule has 4 aromatic rings. The van der Waals surface area contributed by atoms with Crippen LogP contribution in [0, 0.1) is 0 Å². The Labute approximate surface area is 164 Å². The molecule has 27 heavy (non-hydrogen) atoms. The van der Waals surface area contributed by atoms with Crippen molar-refractivity contribution in [2.75, 3.05) is 5.75 Å². The summed E-state index contributed by atoms with van der Waals surface area (Å²) in [7, 11) is 0. The molecule has 0 unspecified atom stereocenters. The van der Waals surface area contributed by atoms with Crippen LogP contribution in [0.1, 0.15) is 43.5 Å². The van der Waals surface area contributed by atoms with E-state index in [1.807, 2.05) is 11.8 Å². The minimum absolute atomic E-state index is 0.643. The molecule has 0 radical (unpaired) electrons. The zero-order chi connectivity index (χ0) is 18.2. The summed E-state index contributed by atoms with van der Waals surface area (Å²) in [5.41, 5.74) is 3.77. The maximum atomic E-state index is 5.01. The maximum Gasteiger partial charge on any atom is 0.113 e. The Bertz CT molecular complexity index is 1110. The predicted molar refractivity (Wildman–Crippen MR) is 116 cm³/mol. The van der Waals surface area contributed by atoms with E-state index in [0.717, 1.165) is 12.1 Å². The number of hydrogen-bond donors (Lipinski definition) is 0. The number of imidazole rings is 1. The van der Waals surface area contributed by atoms with Crippen LogP contribution >= 0.6 is 11.8 Å². The van der Waals surface area contributed by atoms with Crippen molar-refractivity contribution < 1.29 is 0 Å². The van der Waals surface area contributed by atoms with Crippen LogP contribution in [0.3, 0.4) is 0 Å². The molecule has 0 aliphatic heterocycles. The van der Waals surface area contributed by atoms with Gasteiger partial charge in [0.1, 0.15) is 5.82 Å². The van der Waals surface area contributed by atoms with Gasteiger partial charge in [-0.25, -0.2) is 4.98 Å². The molecule has 1 fully saturated rings. The predicted octanol–water partition coefficient (Wildman–Crippen LogP) is 6.62. The standard InChI is InChI=1S/C24H24N2S/c1-2-13-27-21-11-12-22-23(15-21)26(24(25-22)19-9-10-19)16-17-7-8-18-5-3-4-6-20(18)14-17/h3-8,11-12,14-15,19H,2,9-10,13,16H2,1H3. The zero-order valence-corrected chi connectivity index (χ0v) is 16.5. The van der Waals surface area contributed by atoms with Crippen LogP contribution in [0.15, 0.2) is 65.6 Å². The van der Waals surface area contributed by atoms with E-state index in [9.17, 15) is 0 Å². The summed E-state index contributed by atoms with van der Waals surface area (Å²) in [6.07, 6.45) is 3.75. The highest BCUT2D eigenvalue weighted by Gasteiger charge is 2.29. The number of thioether (sulfide) groups is 1. The molecule has 1 aliphatic carbocycles. The fraction of sp³-hybridized carbons (Fsp3) is 0.292. The van der Waals surface area contributed by atoms with Crippen molar-refractivity contribution in [2.45, 2.75) is 43.5 Å². The number of aromatic nitrogens is 2. The Morgan fingerprint density at radius 2 is 1.85 bits per heavy atom. The van der Waals surface area contributed by atoms with Gasteiger partial charge in [-0.15, -0.1) is 11.8 Å². The van der Waals surface area contributed by atoms with Gasteiger partial charge in [-0.1, -0.05) is 43.3 Å². The summed E-state index contributed by atoms with van der Waals surface area (Å²) in [5.74, 6) is 3.08. The lowest BCUT2D eigenvalue weighted by atomic mass is 10.1. The molecule has 0 N–H and O–H groups in total. The second kappa shape index (κ2) is 7.05. The number of nitrogens with zero attached hydrogens (tertiary/aromatic N) is 2. The average molecular weight is 373 g/mol. The van der Waals surface area contributed by atoms with Crippen LogP contribution in [0.5, 0.6) is 0 Å². The molecule has 1 aromatic heterocycles. The molecule has 1 saturated carbocycles. The number of hydrogen-bond acceptors (Lipinski definition) is 2. The van der Waals surface area contributed by atoms with Crippen molar-refractivity contribution in [3.63, 3.8) is 0 Å². The Balaban J connectivity index is 1.57. The minimum atomic E-state index is 0.643. The van der Waals surface area contributed by atoms with Crippen molar-refractivity contribution in [1.82, 2.24) is 9.55 Å². The topological polar surface area (TPSA) is 17.8 Å². The summed E-state index contributed by atoms with van der Waals surface area (Å²) < 4.78 is 2.47. The minimum Gasteiger partial charge on any atom is -0.323 e. The third kappa shape index (κ3) is 3.37. The zero-order valence-electron chi connectivity index (χ0n) is 15.7. The first-order valence-electron chi connectivity index (χ1n) is 9.92. The van der Waals surface area contributed by atoms with Gasteiger partial charge in [0, 0.05) is 17.4 Å². The van der Waals surface area contributed by atoms with Gasteiger partial charge in [0.2, 0.25) is 0 Å². The molecule has 0 atom stereocenters. The highest BCUT2D eigenvalue weighted by Crippen LogP contribution is 2.41. The van der Waals surface area contributed by atoms with Crippen LogP contribution in [0.4, 0.5) is 0 Å². The molecular formula is C24H24N2S. The molecule has 136 valence electrons. The largest absolute Gasteiger partial charge is 0.323 e. The van der Waals surface area contributed by atoms with Crippen molar-refractivity contribution in [3.05, 3.63) is 72.1 Å². The van der Waals surface area contributed by atoms with Gasteiger partial charge in [0.25, 0.3) is 0 Å². The Kier molecular flexibility index (Phi) is 4.41. The van der Waals surface area contributed by atoms with Gasteiger partial charge >= 0.3 is 0 Å². The fourth-order valence-electron chi connectivity index (χ4n) is 3.77. The Hall–Kier alpha value is -2.26. The molecule has 1 heterocycles. The molecule has 3 heteroatoms. The summed E-state index contributed by atoms with van der Waals surface area (Å²) in [5, 5.41) is 2.61. The third-order valence-corrected chi connectivity index (χ3v) is 6.52. The molecule has 3 aromatic carbocycles. The molecule has 0 bridgehead atoms. The summed E-state index contributed by atoms with van der Waals surface area (Å²) >= 11 is 1.94. The lowest BCUT2D eigenvalue weighted by Gasteiger charge is -2.11. The van der Waals surface area contributed by atoms with E-state index in [1.54, 1.807) is 0 Å². The van der Waals surface area contributed by atoms with Crippen molar-refractivity contribution in [2.24, 2.45) is 0 Å². The normalized spacial score (nSPS) is 14.3. The molecule has 2 nitrogen and oxygen atoms in total. The second-order valence-corrected chi connectivity index (χ2v) is 8.68. The molecule has 0 spiro atoms. The van der Waals surface area contributed by atoms with Gasteiger partial charge in [-0.2, -0.15) is 0 Å². The van der Waals surface area contributed by atoms with E-state index in [4.69, 9.17) is 4.98 Å². The highest BCUT2D eigenvalue weighted by atomic mass is 32.2. The van der Waals surface area contributed by atoms with Gasteiger partial charge in [-0.3, -0.25) is 0 Å². The molecule has 1 aliphatic rings. The first-order chi connectivity index (χ1) is 13.3. The highest BCUT2D eigenvalue weighted by molar-refractivity contribution is 7.99. The summed E-state index contributed by atoms with van der Waals surface area (Å²) in [6, 6.07) is 22.2. The molecular weight excluding hydrogens is 348 g/mol. The van der Waals surface area contributed by atoms with Crippen molar-refractivity contribution >= 4 is 33.6 Å². The lowest BCUT2D eigenvalue weighted by molar-refractivity contribution is 0.747. The fourth-order valence-corrected chi connectivity index (χ4v) is 4.57. The monoisotopic (exact) mass is 372 g/mol. The van der Waals surface area contributed by atoms with Gasteiger partial charge in [-0.05, 0) is 65.6 Å². The van der Waals surface area contributed by atoms with E-state index in [0.29, 0.717) is 5.92 Å². The SMILES string of the molecule is CCCSc1ccc2nc(C3CC3)n(Cc3ccc4ccccc4c3)c2c1. The van der Waals surface area contributed by atoms with Crippen LogP contribution < -0.4 is 0 Å². The molecule has 0 saturated heterocycles. The molecule has 5 rings (SSSR count).